The fourth-order valence-corrected chi connectivity index (χ4v) is 1.28. The van der Waals surface area contributed by atoms with Gasteiger partial charge in [0.15, 0.2) is 0 Å². The first-order valence-corrected chi connectivity index (χ1v) is 4.86. The van der Waals surface area contributed by atoms with E-state index in [-0.39, 0.29) is 18.3 Å². The third kappa shape index (κ3) is 5.53. The molecule has 88 valence electrons. The second-order valence-electron chi connectivity index (χ2n) is 3.93. The Hall–Kier alpha value is -1.32. The fourth-order valence-electron chi connectivity index (χ4n) is 1.28. The zero-order valence-corrected chi connectivity index (χ0v) is 10.5. The fraction of sp³-hybridized carbons (Fsp3) is 0.250. The normalized spacial score (nSPS) is 10.9. The van der Waals surface area contributed by atoms with Crippen LogP contribution in [0.2, 0.25) is 0 Å². The molecule has 0 aliphatic carbocycles. The summed E-state index contributed by atoms with van der Waals surface area (Å²) in [5.74, 6) is -0.0438. The lowest BCUT2D eigenvalue weighted by Gasteiger charge is -2.23. The van der Waals surface area contributed by atoms with Gasteiger partial charge in [-0.2, -0.15) is 10.0 Å². The van der Waals surface area contributed by atoms with E-state index in [1.807, 2.05) is 56.7 Å². The van der Waals surface area contributed by atoms with Gasteiger partial charge in [0.2, 0.25) is 0 Å². The zero-order valence-electron chi connectivity index (χ0n) is 9.77. The van der Waals surface area contributed by atoms with Crippen molar-refractivity contribution in [2.24, 2.45) is 0 Å². The predicted molar refractivity (Wildman–Crippen MR) is 61.4 cm³/mol. The molecule has 0 unspecified atom stereocenters. The molecular formula is C12H17ClN2O. The van der Waals surface area contributed by atoms with Gasteiger partial charge in [-0.1, -0.05) is 30.3 Å². The minimum absolute atomic E-state index is 0. The molecule has 4 heteroatoms. The highest BCUT2D eigenvalue weighted by atomic mass is 35.5. The predicted octanol–water partition coefficient (Wildman–Crippen LogP) is -1.21. The Morgan fingerprint density at radius 3 is 2.31 bits per heavy atom. The summed E-state index contributed by atoms with van der Waals surface area (Å²) in [7, 11) is 3.81. The van der Waals surface area contributed by atoms with E-state index in [2.05, 4.69) is 5.43 Å². The zero-order chi connectivity index (χ0) is 11.3. The van der Waals surface area contributed by atoms with Crippen LogP contribution in [0.4, 0.5) is 0 Å². The second-order valence-corrected chi connectivity index (χ2v) is 3.93. The molecule has 0 fully saturated rings. The summed E-state index contributed by atoms with van der Waals surface area (Å²) < 4.78 is 0.338. The SMILES string of the molecule is CC(=O)N[N+](C)(C)/C=C/c1ccccc1.[Cl-]. The molecule has 1 aromatic rings. The average molecular weight is 241 g/mol. The van der Waals surface area contributed by atoms with Crippen LogP contribution in [-0.2, 0) is 4.79 Å². The number of quaternary nitrogens is 1. The van der Waals surface area contributed by atoms with Crippen molar-refractivity contribution in [1.29, 1.82) is 0 Å². The highest BCUT2D eigenvalue weighted by Crippen LogP contribution is 2.03. The van der Waals surface area contributed by atoms with E-state index < -0.39 is 0 Å². The summed E-state index contributed by atoms with van der Waals surface area (Å²) in [5.41, 5.74) is 3.92. The molecule has 1 rings (SSSR count). The number of benzene rings is 1. The largest absolute Gasteiger partial charge is 1.00 e. The molecule has 1 N–H and O–H groups in total. The molecule has 0 heterocycles. The van der Waals surface area contributed by atoms with Crippen molar-refractivity contribution >= 4 is 12.0 Å². The number of carbonyl (C=O) groups is 1. The molecule has 3 nitrogen and oxygen atoms in total. The average Bonchev–Trinajstić information content (AvgIpc) is 2.15. The van der Waals surface area contributed by atoms with E-state index in [1.54, 1.807) is 0 Å². The summed E-state index contributed by atoms with van der Waals surface area (Å²) in [6, 6.07) is 9.98. The summed E-state index contributed by atoms with van der Waals surface area (Å²) in [6.45, 7) is 1.51. The van der Waals surface area contributed by atoms with Gasteiger partial charge in [0.25, 0.3) is 5.91 Å². The maximum atomic E-state index is 10.9. The van der Waals surface area contributed by atoms with Crippen molar-refractivity contribution in [3.8, 4) is 0 Å². The number of hydrogen-bond acceptors (Lipinski definition) is 1. The van der Waals surface area contributed by atoms with Crippen LogP contribution in [0.1, 0.15) is 12.5 Å². The molecule has 1 amide bonds. The second kappa shape index (κ2) is 6.30. The van der Waals surface area contributed by atoms with E-state index >= 15 is 0 Å². The van der Waals surface area contributed by atoms with Crippen molar-refractivity contribution < 1.29 is 21.8 Å². The number of halogens is 1. The van der Waals surface area contributed by atoms with E-state index in [1.165, 1.54) is 6.92 Å². The van der Waals surface area contributed by atoms with Gasteiger partial charge >= 0.3 is 0 Å². The molecule has 0 spiro atoms. The minimum atomic E-state index is -0.0438. The Bertz CT molecular complexity index is 361. The Balaban J connectivity index is 0.00000225. The van der Waals surface area contributed by atoms with Crippen LogP contribution in [0.3, 0.4) is 0 Å². The monoisotopic (exact) mass is 240 g/mol. The van der Waals surface area contributed by atoms with Gasteiger partial charge in [-0.3, -0.25) is 4.79 Å². The maximum Gasteiger partial charge on any atom is 0.262 e. The lowest BCUT2D eigenvalue weighted by molar-refractivity contribution is -0.874. The van der Waals surface area contributed by atoms with Crippen LogP contribution < -0.4 is 17.8 Å². The number of nitrogens with one attached hydrogen (secondary N) is 1. The number of amides is 1. The molecule has 0 saturated heterocycles. The Morgan fingerprint density at radius 1 is 1.25 bits per heavy atom. The van der Waals surface area contributed by atoms with Crippen molar-refractivity contribution in [2.75, 3.05) is 14.1 Å². The van der Waals surface area contributed by atoms with E-state index in [0.717, 1.165) is 5.56 Å². The van der Waals surface area contributed by atoms with E-state index in [9.17, 15) is 4.79 Å². The molecule has 0 saturated carbocycles. The van der Waals surface area contributed by atoms with Gasteiger partial charge in [-0.15, -0.1) is 0 Å². The Morgan fingerprint density at radius 2 is 1.81 bits per heavy atom. The van der Waals surface area contributed by atoms with Gasteiger partial charge in [0, 0.05) is 13.0 Å². The van der Waals surface area contributed by atoms with Crippen LogP contribution in [0.15, 0.2) is 36.5 Å². The summed E-state index contributed by atoms with van der Waals surface area (Å²) in [4.78, 5) is 10.9. The number of rotatable bonds is 3. The lowest BCUT2D eigenvalue weighted by atomic mass is 10.2. The topological polar surface area (TPSA) is 29.1 Å². The highest BCUT2D eigenvalue weighted by Gasteiger charge is 2.11. The third-order valence-electron chi connectivity index (χ3n) is 1.88. The van der Waals surface area contributed by atoms with Gasteiger partial charge < -0.3 is 12.4 Å². The van der Waals surface area contributed by atoms with Gasteiger partial charge in [0.05, 0.1) is 14.1 Å². The Labute approximate surface area is 103 Å². The molecule has 0 atom stereocenters. The first-order chi connectivity index (χ1) is 6.99. The maximum absolute atomic E-state index is 10.9. The van der Waals surface area contributed by atoms with Gasteiger partial charge in [-0.25, -0.2) is 0 Å². The number of nitrogens with zero attached hydrogens (tertiary/aromatic N) is 1. The molecule has 0 radical (unpaired) electrons. The summed E-state index contributed by atoms with van der Waals surface area (Å²) in [6.07, 6.45) is 3.91. The first-order valence-electron chi connectivity index (χ1n) is 4.86. The molecule has 0 bridgehead atoms. The van der Waals surface area contributed by atoms with Crippen molar-refractivity contribution in [3.05, 3.63) is 42.1 Å². The summed E-state index contributed by atoms with van der Waals surface area (Å²) in [5, 5.41) is 0. The molecule has 16 heavy (non-hydrogen) atoms. The van der Waals surface area contributed by atoms with Crippen molar-refractivity contribution in [3.63, 3.8) is 0 Å². The van der Waals surface area contributed by atoms with Crippen LogP contribution >= 0.6 is 0 Å². The highest BCUT2D eigenvalue weighted by molar-refractivity contribution is 5.71. The third-order valence-corrected chi connectivity index (χ3v) is 1.88. The quantitative estimate of drug-likeness (QED) is 0.522. The minimum Gasteiger partial charge on any atom is -1.00 e. The van der Waals surface area contributed by atoms with Crippen LogP contribution in [0.5, 0.6) is 0 Å². The summed E-state index contributed by atoms with van der Waals surface area (Å²) >= 11 is 0. The molecular weight excluding hydrogens is 224 g/mol. The lowest BCUT2D eigenvalue weighted by Crippen LogP contribution is -3.00. The number of carbonyl (C=O) groups excluding carboxylic acids is 1. The number of hydrogen-bond donors (Lipinski definition) is 1. The Kier molecular flexibility index (Phi) is 5.78. The standard InChI is InChI=1S/C12H16N2O.ClH/c1-11(15)13-14(2,3)10-9-12-7-5-4-6-8-12;/h4-10H,1-3H3;1H/b10-9+;. The molecule has 0 aromatic heterocycles. The van der Waals surface area contributed by atoms with Crippen LogP contribution in [0, 0.1) is 0 Å². The van der Waals surface area contributed by atoms with Gasteiger partial charge in [-0.05, 0) is 5.56 Å². The first kappa shape index (κ1) is 14.7. The van der Waals surface area contributed by atoms with E-state index in [0.29, 0.717) is 4.59 Å². The van der Waals surface area contributed by atoms with Crippen molar-refractivity contribution in [2.45, 2.75) is 6.92 Å². The van der Waals surface area contributed by atoms with E-state index in [4.69, 9.17) is 0 Å². The van der Waals surface area contributed by atoms with Crippen LogP contribution in [-0.4, -0.2) is 24.6 Å². The van der Waals surface area contributed by atoms with Crippen molar-refractivity contribution in [1.82, 2.24) is 5.43 Å². The van der Waals surface area contributed by atoms with Gasteiger partial charge in [0.1, 0.15) is 6.20 Å². The molecule has 0 aliphatic heterocycles. The smallest absolute Gasteiger partial charge is 0.262 e. The van der Waals surface area contributed by atoms with Crippen LogP contribution in [0.25, 0.3) is 6.08 Å². The molecule has 1 aromatic carbocycles. The molecule has 0 aliphatic rings.